The van der Waals surface area contributed by atoms with Gasteiger partial charge >= 0.3 is 0 Å². The van der Waals surface area contributed by atoms with Gasteiger partial charge in [-0.15, -0.1) is 11.8 Å². The molecule has 0 N–H and O–H groups in total. The van der Waals surface area contributed by atoms with Gasteiger partial charge in [0.15, 0.2) is 0 Å². The Kier molecular flexibility index (Phi) is 5.18. The fraction of sp³-hybridized carbons (Fsp3) is 0.500. The lowest BCUT2D eigenvalue weighted by Crippen LogP contribution is -2.46. The molecule has 6 nitrogen and oxygen atoms in total. The molecule has 1 aliphatic heterocycles. The van der Waals surface area contributed by atoms with Gasteiger partial charge in [-0.1, -0.05) is 11.6 Å². The number of halogens is 1. The second kappa shape index (κ2) is 6.75. The smallest absolute Gasteiger partial charge is 0.255 e. The molecule has 1 fully saturated rings. The highest BCUT2D eigenvalue weighted by atomic mass is 35.5. The SMILES string of the molecule is CN(C)C(=O)[C@H]1CSCN1C(=O)c1cc(Cl)nc(N(C)C)c1. The van der Waals surface area contributed by atoms with Gasteiger partial charge in [-0.05, 0) is 12.1 Å². The van der Waals surface area contributed by atoms with Gasteiger partial charge in [0.1, 0.15) is 17.0 Å². The van der Waals surface area contributed by atoms with Crippen molar-refractivity contribution in [3.05, 3.63) is 22.8 Å². The summed E-state index contributed by atoms with van der Waals surface area (Å²) in [7, 11) is 7.05. The average Bonchev–Trinajstić information content (AvgIpc) is 2.93. The van der Waals surface area contributed by atoms with E-state index in [1.54, 1.807) is 41.7 Å². The van der Waals surface area contributed by atoms with Gasteiger partial charge in [0, 0.05) is 39.5 Å². The lowest BCUT2D eigenvalue weighted by atomic mass is 10.2. The lowest BCUT2D eigenvalue weighted by molar-refractivity contribution is -0.132. The van der Waals surface area contributed by atoms with Crippen LogP contribution in [0.3, 0.4) is 0 Å². The lowest BCUT2D eigenvalue weighted by Gasteiger charge is -2.25. The van der Waals surface area contributed by atoms with Gasteiger partial charge in [-0.3, -0.25) is 9.59 Å². The predicted octanol–water partition coefficient (Wildman–Crippen LogP) is 1.40. The molecular weight excluding hydrogens is 324 g/mol. The molecule has 22 heavy (non-hydrogen) atoms. The minimum atomic E-state index is -0.428. The fourth-order valence-electron chi connectivity index (χ4n) is 2.15. The third kappa shape index (κ3) is 3.47. The standard InChI is InChI=1S/C14H19ClN4O2S/c1-17(2)12-6-9(5-11(15)16-12)13(20)19-8-22-7-10(19)14(21)18(3)4/h5-6,10H,7-8H2,1-4H3/t10-/m1/s1. The van der Waals surface area contributed by atoms with Crippen LogP contribution in [0.25, 0.3) is 0 Å². The number of pyridine rings is 1. The zero-order valence-corrected chi connectivity index (χ0v) is 14.6. The van der Waals surface area contributed by atoms with Gasteiger partial charge in [-0.2, -0.15) is 0 Å². The first-order chi connectivity index (χ1) is 10.3. The van der Waals surface area contributed by atoms with Crippen LogP contribution in [-0.4, -0.2) is 72.5 Å². The third-order valence-corrected chi connectivity index (χ3v) is 4.56. The van der Waals surface area contributed by atoms with Gasteiger partial charge in [-0.25, -0.2) is 4.98 Å². The fourth-order valence-corrected chi connectivity index (χ4v) is 3.50. The van der Waals surface area contributed by atoms with Crippen molar-refractivity contribution in [2.24, 2.45) is 0 Å². The van der Waals surface area contributed by atoms with E-state index in [0.717, 1.165) is 0 Å². The molecule has 2 heterocycles. The average molecular weight is 343 g/mol. The third-order valence-electron chi connectivity index (χ3n) is 3.35. The topological polar surface area (TPSA) is 56.8 Å². The van der Waals surface area contributed by atoms with Crippen molar-refractivity contribution in [1.82, 2.24) is 14.8 Å². The summed E-state index contributed by atoms with van der Waals surface area (Å²) in [5, 5.41) is 0.261. The molecule has 0 spiro atoms. The van der Waals surface area contributed by atoms with Crippen LogP contribution in [0.5, 0.6) is 0 Å². The number of amides is 2. The molecule has 1 aromatic rings. The van der Waals surface area contributed by atoms with Crippen molar-refractivity contribution >= 4 is 41.0 Å². The number of carbonyl (C=O) groups excluding carboxylic acids is 2. The zero-order chi connectivity index (χ0) is 16.4. The molecule has 0 bridgehead atoms. The van der Waals surface area contributed by atoms with E-state index < -0.39 is 6.04 Å². The minimum Gasteiger partial charge on any atom is -0.363 e. The number of aromatic nitrogens is 1. The van der Waals surface area contributed by atoms with E-state index in [1.807, 2.05) is 14.1 Å². The molecule has 1 aliphatic rings. The monoisotopic (exact) mass is 342 g/mol. The van der Waals surface area contributed by atoms with Gasteiger partial charge < -0.3 is 14.7 Å². The van der Waals surface area contributed by atoms with Crippen molar-refractivity contribution in [1.29, 1.82) is 0 Å². The van der Waals surface area contributed by atoms with Crippen LogP contribution in [0.2, 0.25) is 5.15 Å². The summed E-state index contributed by atoms with van der Waals surface area (Å²) < 4.78 is 0. The predicted molar refractivity (Wildman–Crippen MR) is 89.6 cm³/mol. The van der Waals surface area contributed by atoms with E-state index in [4.69, 9.17) is 11.6 Å². The minimum absolute atomic E-state index is 0.0636. The Bertz CT molecular complexity index is 594. The van der Waals surface area contributed by atoms with Crippen molar-refractivity contribution in [2.75, 3.05) is 44.7 Å². The number of hydrogen-bond acceptors (Lipinski definition) is 5. The molecule has 0 aromatic carbocycles. The van der Waals surface area contributed by atoms with E-state index in [2.05, 4.69) is 4.98 Å². The molecule has 2 rings (SSSR count). The first kappa shape index (κ1) is 16.9. The number of carbonyl (C=O) groups is 2. The Morgan fingerprint density at radius 2 is 2.00 bits per heavy atom. The van der Waals surface area contributed by atoms with Crippen molar-refractivity contribution < 1.29 is 9.59 Å². The molecular formula is C14H19ClN4O2S. The van der Waals surface area contributed by atoms with Crippen LogP contribution in [0.1, 0.15) is 10.4 Å². The second-order valence-electron chi connectivity index (χ2n) is 5.45. The molecule has 0 saturated carbocycles. The quantitative estimate of drug-likeness (QED) is 0.777. The van der Waals surface area contributed by atoms with Crippen molar-refractivity contribution in [3.63, 3.8) is 0 Å². The van der Waals surface area contributed by atoms with Gasteiger partial charge in [0.05, 0.1) is 5.88 Å². The van der Waals surface area contributed by atoms with E-state index in [1.165, 1.54) is 11.0 Å². The molecule has 0 aliphatic carbocycles. The van der Waals surface area contributed by atoms with Crippen LogP contribution >= 0.6 is 23.4 Å². The largest absolute Gasteiger partial charge is 0.363 e. The normalized spacial score (nSPS) is 17.5. The van der Waals surface area contributed by atoms with Crippen LogP contribution < -0.4 is 4.90 Å². The number of nitrogens with zero attached hydrogens (tertiary/aromatic N) is 4. The first-order valence-corrected chi connectivity index (χ1v) is 8.29. The van der Waals surface area contributed by atoms with Crippen LogP contribution in [0.15, 0.2) is 12.1 Å². The molecule has 1 atom stereocenters. The molecule has 1 saturated heterocycles. The molecule has 120 valence electrons. The Labute approximate surface area is 139 Å². The van der Waals surface area contributed by atoms with Crippen LogP contribution in [0.4, 0.5) is 5.82 Å². The van der Waals surface area contributed by atoms with E-state index in [9.17, 15) is 9.59 Å². The maximum Gasteiger partial charge on any atom is 0.255 e. The first-order valence-electron chi connectivity index (χ1n) is 6.76. The van der Waals surface area contributed by atoms with Gasteiger partial charge in [0.2, 0.25) is 5.91 Å². The van der Waals surface area contributed by atoms with Crippen LogP contribution in [0, 0.1) is 0 Å². The Balaban J connectivity index is 2.29. The highest BCUT2D eigenvalue weighted by Crippen LogP contribution is 2.26. The molecule has 1 aromatic heterocycles. The Hall–Kier alpha value is -1.47. The summed E-state index contributed by atoms with van der Waals surface area (Å²) >= 11 is 7.58. The number of anilines is 1. The van der Waals surface area contributed by atoms with Crippen molar-refractivity contribution in [2.45, 2.75) is 6.04 Å². The Morgan fingerprint density at radius 1 is 1.32 bits per heavy atom. The zero-order valence-electron chi connectivity index (χ0n) is 13.0. The summed E-state index contributed by atoms with van der Waals surface area (Å²) in [6.45, 7) is 0. The van der Waals surface area contributed by atoms with Gasteiger partial charge in [0.25, 0.3) is 5.91 Å². The summed E-state index contributed by atoms with van der Waals surface area (Å²) in [4.78, 5) is 34.0. The second-order valence-corrected chi connectivity index (χ2v) is 6.84. The molecule has 8 heteroatoms. The number of hydrogen-bond donors (Lipinski definition) is 0. The number of rotatable bonds is 3. The number of thioether (sulfide) groups is 1. The summed E-state index contributed by atoms with van der Waals surface area (Å²) in [6, 6.07) is 2.80. The van der Waals surface area contributed by atoms with E-state index in [0.29, 0.717) is 23.0 Å². The maximum absolute atomic E-state index is 12.7. The maximum atomic E-state index is 12.7. The highest BCUT2D eigenvalue weighted by molar-refractivity contribution is 7.99. The van der Waals surface area contributed by atoms with Crippen LogP contribution in [-0.2, 0) is 4.79 Å². The highest BCUT2D eigenvalue weighted by Gasteiger charge is 2.36. The van der Waals surface area contributed by atoms with E-state index in [-0.39, 0.29) is 17.0 Å². The molecule has 2 amide bonds. The summed E-state index contributed by atoms with van der Waals surface area (Å²) in [5.41, 5.74) is 0.447. The van der Waals surface area contributed by atoms with Crippen molar-refractivity contribution in [3.8, 4) is 0 Å². The summed E-state index contributed by atoms with van der Waals surface area (Å²) in [6.07, 6.45) is 0. The van der Waals surface area contributed by atoms with E-state index >= 15 is 0 Å². The Morgan fingerprint density at radius 3 is 2.59 bits per heavy atom. The summed E-state index contributed by atoms with van der Waals surface area (Å²) in [5.74, 6) is 1.46. The molecule has 0 radical (unpaired) electrons. The molecule has 0 unspecified atom stereocenters. The number of likely N-dealkylation sites (N-methyl/N-ethyl adjacent to an activating group) is 1.